The van der Waals surface area contributed by atoms with Gasteiger partial charge < -0.3 is 15.1 Å². The molecule has 0 radical (unpaired) electrons. The van der Waals surface area contributed by atoms with Crippen molar-refractivity contribution in [3.8, 4) is 0 Å². The Labute approximate surface area is 122 Å². The Morgan fingerprint density at radius 2 is 2.00 bits per heavy atom. The van der Waals surface area contributed by atoms with Gasteiger partial charge in [-0.05, 0) is 47.3 Å². The molecule has 1 N–H and O–H groups in total. The number of rotatable bonds is 6. The third-order valence-corrected chi connectivity index (χ3v) is 4.54. The summed E-state index contributed by atoms with van der Waals surface area (Å²) >= 11 is 0. The first-order chi connectivity index (χ1) is 9.48. The van der Waals surface area contributed by atoms with Gasteiger partial charge in [-0.3, -0.25) is 0 Å². The Balaban J connectivity index is 2.09. The first-order valence-electron chi connectivity index (χ1n) is 7.34. The molecule has 0 aliphatic heterocycles. The van der Waals surface area contributed by atoms with Gasteiger partial charge >= 0.3 is 0 Å². The van der Waals surface area contributed by atoms with Crippen LogP contribution in [0.5, 0.6) is 0 Å². The summed E-state index contributed by atoms with van der Waals surface area (Å²) in [5.74, 6) is 0.829. The molecular weight excluding hydrogens is 250 g/mol. The Morgan fingerprint density at radius 1 is 1.30 bits per heavy atom. The van der Waals surface area contributed by atoms with Crippen molar-refractivity contribution in [1.29, 1.82) is 0 Å². The van der Waals surface area contributed by atoms with Crippen molar-refractivity contribution in [2.75, 3.05) is 39.6 Å². The number of nitrogens with one attached hydrogen (secondary N) is 1. The van der Waals surface area contributed by atoms with Crippen molar-refractivity contribution in [3.63, 3.8) is 0 Å². The molecule has 1 saturated carbocycles. The van der Waals surface area contributed by atoms with Crippen molar-refractivity contribution >= 4 is 5.95 Å². The minimum absolute atomic E-state index is 0.301. The maximum atomic E-state index is 4.65. The summed E-state index contributed by atoms with van der Waals surface area (Å²) in [7, 11) is 8.39. The molecule has 1 aliphatic carbocycles. The fourth-order valence-corrected chi connectivity index (χ4v) is 2.87. The van der Waals surface area contributed by atoms with E-state index in [0.29, 0.717) is 5.54 Å². The van der Waals surface area contributed by atoms with Gasteiger partial charge in [0.25, 0.3) is 0 Å². The van der Waals surface area contributed by atoms with Crippen molar-refractivity contribution < 1.29 is 0 Å². The zero-order chi connectivity index (χ0) is 14.8. The third kappa shape index (κ3) is 2.94. The maximum Gasteiger partial charge on any atom is 0.225 e. The second-order valence-corrected chi connectivity index (χ2v) is 6.14. The van der Waals surface area contributed by atoms with Crippen molar-refractivity contribution in [2.24, 2.45) is 0 Å². The monoisotopic (exact) mass is 277 g/mol. The second kappa shape index (κ2) is 6.06. The number of aryl methyl sites for hydroxylation is 1. The van der Waals surface area contributed by atoms with Crippen LogP contribution in [0.15, 0.2) is 6.20 Å². The number of aromatic nitrogens is 2. The molecule has 0 unspecified atom stereocenters. The van der Waals surface area contributed by atoms with E-state index in [1.165, 1.54) is 19.3 Å². The lowest BCUT2D eigenvalue weighted by molar-refractivity contribution is 0.0680. The van der Waals surface area contributed by atoms with E-state index < -0.39 is 0 Å². The van der Waals surface area contributed by atoms with Crippen LogP contribution in [0.1, 0.15) is 30.5 Å². The van der Waals surface area contributed by atoms with Gasteiger partial charge in [-0.25, -0.2) is 9.97 Å². The van der Waals surface area contributed by atoms with Gasteiger partial charge in [0.1, 0.15) is 0 Å². The molecule has 5 heteroatoms. The highest BCUT2D eigenvalue weighted by molar-refractivity contribution is 5.33. The van der Waals surface area contributed by atoms with Crippen molar-refractivity contribution in [3.05, 3.63) is 17.5 Å². The minimum atomic E-state index is 0.301. The van der Waals surface area contributed by atoms with E-state index >= 15 is 0 Å². The number of likely N-dealkylation sites (N-methyl/N-ethyl adjacent to an activating group) is 2. The van der Waals surface area contributed by atoms with Gasteiger partial charge in [0.05, 0.1) is 0 Å². The van der Waals surface area contributed by atoms with Crippen molar-refractivity contribution in [2.45, 2.75) is 38.3 Å². The zero-order valence-electron chi connectivity index (χ0n) is 13.4. The summed E-state index contributed by atoms with van der Waals surface area (Å²) in [6.45, 7) is 3.86. The van der Waals surface area contributed by atoms with Crippen LogP contribution in [0, 0.1) is 6.92 Å². The Bertz CT molecular complexity index is 454. The molecule has 1 aromatic heterocycles. The molecule has 1 heterocycles. The average Bonchev–Trinajstić information content (AvgIpc) is 2.35. The largest absolute Gasteiger partial charge is 0.342 e. The summed E-state index contributed by atoms with van der Waals surface area (Å²) in [6.07, 6.45) is 5.79. The molecule has 112 valence electrons. The van der Waals surface area contributed by atoms with E-state index in [9.17, 15) is 0 Å². The fourth-order valence-electron chi connectivity index (χ4n) is 2.87. The molecule has 1 aromatic rings. The zero-order valence-corrected chi connectivity index (χ0v) is 13.4. The third-order valence-electron chi connectivity index (χ3n) is 4.54. The number of hydrogen-bond donors (Lipinski definition) is 1. The lowest BCUT2D eigenvalue weighted by atomic mass is 9.75. The van der Waals surface area contributed by atoms with Gasteiger partial charge in [0.2, 0.25) is 5.95 Å². The van der Waals surface area contributed by atoms with Gasteiger partial charge in [-0.1, -0.05) is 0 Å². The Hall–Kier alpha value is -1.20. The first kappa shape index (κ1) is 15.2. The van der Waals surface area contributed by atoms with Gasteiger partial charge in [-0.2, -0.15) is 0 Å². The van der Waals surface area contributed by atoms with Crippen LogP contribution in [-0.4, -0.2) is 55.1 Å². The van der Waals surface area contributed by atoms with Crippen LogP contribution in [0.3, 0.4) is 0 Å². The molecule has 0 amide bonds. The minimum Gasteiger partial charge on any atom is -0.342 e. The summed E-state index contributed by atoms with van der Waals surface area (Å²) in [5.41, 5.74) is 2.52. The highest BCUT2D eigenvalue weighted by Gasteiger charge is 2.40. The standard InChI is InChI=1S/C15H27N5/c1-12-13(9-16-2)10-17-14(18-12)20(5)11-15(19(3)4)7-6-8-15/h10,16H,6-9,11H2,1-5H3. The number of hydrogen-bond acceptors (Lipinski definition) is 5. The molecular formula is C15H27N5. The van der Waals surface area contributed by atoms with Crippen LogP contribution < -0.4 is 10.2 Å². The van der Waals surface area contributed by atoms with Crippen molar-refractivity contribution in [1.82, 2.24) is 20.2 Å². The highest BCUT2D eigenvalue weighted by atomic mass is 15.3. The molecule has 0 atom stereocenters. The second-order valence-electron chi connectivity index (χ2n) is 6.14. The van der Waals surface area contributed by atoms with Crippen LogP contribution in [0.2, 0.25) is 0 Å². The van der Waals surface area contributed by atoms with Gasteiger partial charge in [-0.15, -0.1) is 0 Å². The summed E-state index contributed by atoms with van der Waals surface area (Å²) in [4.78, 5) is 13.7. The number of nitrogens with zero attached hydrogens (tertiary/aromatic N) is 4. The van der Waals surface area contributed by atoms with E-state index in [2.05, 4.69) is 53.2 Å². The van der Waals surface area contributed by atoms with E-state index in [1.807, 2.05) is 13.2 Å². The SMILES string of the molecule is CNCc1cnc(N(C)CC2(N(C)C)CCC2)nc1C. The molecule has 1 fully saturated rings. The Kier molecular flexibility index (Phi) is 4.60. The van der Waals surface area contributed by atoms with Gasteiger partial charge in [0, 0.05) is 43.1 Å². The van der Waals surface area contributed by atoms with E-state index in [-0.39, 0.29) is 0 Å². The van der Waals surface area contributed by atoms with Crippen LogP contribution in [-0.2, 0) is 6.54 Å². The molecule has 0 spiro atoms. The van der Waals surface area contributed by atoms with Crippen LogP contribution in [0.25, 0.3) is 0 Å². The Morgan fingerprint density at radius 3 is 2.45 bits per heavy atom. The summed E-state index contributed by atoms with van der Waals surface area (Å²) in [5, 5.41) is 3.14. The lowest BCUT2D eigenvalue weighted by Gasteiger charge is -2.49. The smallest absolute Gasteiger partial charge is 0.225 e. The maximum absolute atomic E-state index is 4.65. The molecule has 20 heavy (non-hydrogen) atoms. The highest BCUT2D eigenvalue weighted by Crippen LogP contribution is 2.37. The van der Waals surface area contributed by atoms with Crippen LogP contribution in [0.4, 0.5) is 5.95 Å². The quantitative estimate of drug-likeness (QED) is 0.852. The summed E-state index contributed by atoms with van der Waals surface area (Å²) in [6, 6.07) is 0. The molecule has 5 nitrogen and oxygen atoms in total. The average molecular weight is 277 g/mol. The molecule has 2 rings (SSSR count). The van der Waals surface area contributed by atoms with Gasteiger partial charge in [0.15, 0.2) is 0 Å². The topological polar surface area (TPSA) is 44.3 Å². The van der Waals surface area contributed by atoms with E-state index in [1.54, 1.807) is 0 Å². The first-order valence-corrected chi connectivity index (χ1v) is 7.34. The normalized spacial score (nSPS) is 17.1. The molecule has 0 aromatic carbocycles. The lowest BCUT2D eigenvalue weighted by Crippen LogP contribution is -2.57. The molecule has 0 saturated heterocycles. The molecule has 0 bridgehead atoms. The van der Waals surface area contributed by atoms with Crippen LogP contribution >= 0.6 is 0 Å². The fraction of sp³-hybridized carbons (Fsp3) is 0.733. The van der Waals surface area contributed by atoms with E-state index in [0.717, 1.165) is 30.3 Å². The number of anilines is 1. The molecule has 1 aliphatic rings. The summed E-state index contributed by atoms with van der Waals surface area (Å²) < 4.78 is 0. The predicted molar refractivity (Wildman–Crippen MR) is 83.1 cm³/mol. The van der Waals surface area contributed by atoms with E-state index in [4.69, 9.17) is 0 Å². The predicted octanol–water partition coefficient (Wildman–Crippen LogP) is 1.42.